The molecule has 25 heavy (non-hydrogen) atoms. The number of rotatable bonds is 3. The second-order valence-electron chi connectivity index (χ2n) is 6.53. The lowest BCUT2D eigenvalue weighted by Gasteiger charge is -2.26. The largest absolute Gasteiger partial charge is 0.326 e. The molecule has 0 spiro atoms. The second kappa shape index (κ2) is 6.81. The average Bonchev–Trinajstić information content (AvgIpc) is 3.07. The molecule has 126 valence electrons. The first-order valence-corrected chi connectivity index (χ1v) is 9.40. The zero-order chi connectivity index (χ0) is 17.2. The molecule has 1 aromatic heterocycles. The van der Waals surface area contributed by atoms with Crippen LogP contribution in [-0.4, -0.2) is 10.9 Å². The number of hydrogen-bond donors (Lipinski definition) is 1. The summed E-state index contributed by atoms with van der Waals surface area (Å²) in [6, 6.07) is 16.1. The zero-order valence-corrected chi connectivity index (χ0v) is 14.9. The molecular formula is C21H20N2OS. The van der Waals surface area contributed by atoms with Gasteiger partial charge in [0.15, 0.2) is 0 Å². The number of anilines is 1. The number of allylic oxidation sites excluding steroid dienone is 2. The first-order valence-electron chi connectivity index (χ1n) is 8.59. The minimum atomic E-state index is -0.0770. The highest BCUT2D eigenvalue weighted by molar-refractivity contribution is 7.18. The molecule has 1 aliphatic rings. The number of benzene rings is 2. The minimum absolute atomic E-state index is 0.0770. The fourth-order valence-corrected chi connectivity index (χ4v) is 4.44. The Hall–Kier alpha value is -2.46. The smallest absolute Gasteiger partial charge is 0.228 e. The molecule has 1 amide bonds. The molecule has 0 fully saturated rings. The number of thiazole rings is 1. The summed E-state index contributed by atoms with van der Waals surface area (Å²) in [5, 5.41) is 4.14. The highest BCUT2D eigenvalue weighted by Gasteiger charge is 2.32. The number of fused-ring (bicyclic) bond motifs is 1. The van der Waals surface area contributed by atoms with E-state index in [-0.39, 0.29) is 17.7 Å². The van der Waals surface area contributed by atoms with Crippen molar-refractivity contribution in [1.82, 2.24) is 4.98 Å². The molecule has 3 nitrogen and oxygen atoms in total. The molecule has 4 rings (SSSR count). The Balaban J connectivity index is 1.59. The number of aromatic nitrogens is 1. The Morgan fingerprint density at radius 2 is 1.84 bits per heavy atom. The van der Waals surface area contributed by atoms with E-state index in [0.717, 1.165) is 29.1 Å². The van der Waals surface area contributed by atoms with Gasteiger partial charge in [-0.25, -0.2) is 4.98 Å². The van der Waals surface area contributed by atoms with Crippen LogP contribution in [0, 0.1) is 12.8 Å². The van der Waals surface area contributed by atoms with E-state index in [1.165, 1.54) is 10.3 Å². The predicted octanol–water partition coefficient (Wildman–Crippen LogP) is 5.29. The van der Waals surface area contributed by atoms with Gasteiger partial charge in [0.2, 0.25) is 5.91 Å². The van der Waals surface area contributed by atoms with Crippen molar-refractivity contribution in [2.45, 2.75) is 25.7 Å². The maximum absolute atomic E-state index is 12.9. The molecule has 3 aromatic rings. The van der Waals surface area contributed by atoms with Gasteiger partial charge in [-0.05, 0) is 44.0 Å². The highest BCUT2D eigenvalue weighted by atomic mass is 32.1. The lowest BCUT2D eigenvalue weighted by Crippen LogP contribution is -2.29. The van der Waals surface area contributed by atoms with Crippen LogP contribution in [-0.2, 0) is 4.79 Å². The fraction of sp³-hybridized carbons (Fsp3) is 0.238. The van der Waals surface area contributed by atoms with Gasteiger partial charge in [0.05, 0.1) is 21.1 Å². The van der Waals surface area contributed by atoms with E-state index in [0.29, 0.717) is 0 Å². The van der Waals surface area contributed by atoms with E-state index in [1.807, 2.05) is 49.4 Å². The molecule has 2 unspecified atom stereocenters. The second-order valence-corrected chi connectivity index (χ2v) is 7.59. The molecular weight excluding hydrogens is 328 g/mol. The van der Waals surface area contributed by atoms with Crippen LogP contribution >= 0.6 is 11.3 Å². The Kier molecular flexibility index (Phi) is 4.36. The molecule has 0 aliphatic heterocycles. The molecule has 0 bridgehead atoms. The van der Waals surface area contributed by atoms with Crippen molar-refractivity contribution < 1.29 is 4.79 Å². The maximum atomic E-state index is 12.9. The quantitative estimate of drug-likeness (QED) is 0.653. The predicted molar refractivity (Wildman–Crippen MR) is 104 cm³/mol. The molecule has 1 aliphatic carbocycles. The van der Waals surface area contributed by atoms with E-state index >= 15 is 0 Å². The topological polar surface area (TPSA) is 42.0 Å². The average molecular weight is 348 g/mol. The van der Waals surface area contributed by atoms with Gasteiger partial charge in [0.1, 0.15) is 0 Å². The van der Waals surface area contributed by atoms with Crippen LogP contribution in [0.2, 0.25) is 0 Å². The number of nitrogens with zero attached hydrogens (tertiary/aromatic N) is 1. The summed E-state index contributed by atoms with van der Waals surface area (Å²) in [5.41, 5.74) is 3.06. The van der Waals surface area contributed by atoms with Crippen molar-refractivity contribution >= 4 is 33.1 Å². The summed E-state index contributed by atoms with van der Waals surface area (Å²) < 4.78 is 1.18. The van der Waals surface area contributed by atoms with Crippen LogP contribution in [0.15, 0.2) is 60.7 Å². The Morgan fingerprint density at radius 1 is 1.08 bits per heavy atom. The van der Waals surface area contributed by atoms with Crippen LogP contribution < -0.4 is 5.32 Å². The third-order valence-corrected chi connectivity index (χ3v) is 5.88. The van der Waals surface area contributed by atoms with Crippen LogP contribution in [0.3, 0.4) is 0 Å². The summed E-state index contributed by atoms with van der Waals surface area (Å²) >= 11 is 1.71. The summed E-state index contributed by atoms with van der Waals surface area (Å²) in [5.74, 6) is 0.150. The van der Waals surface area contributed by atoms with Crippen molar-refractivity contribution in [2.75, 3.05) is 5.32 Å². The van der Waals surface area contributed by atoms with Crippen LogP contribution in [0.5, 0.6) is 0 Å². The van der Waals surface area contributed by atoms with Crippen LogP contribution in [0.1, 0.15) is 29.3 Å². The first-order chi connectivity index (χ1) is 12.2. The number of aryl methyl sites for hydroxylation is 1. The number of carbonyl (C=O) groups is 1. The van der Waals surface area contributed by atoms with Gasteiger partial charge in [0.25, 0.3) is 0 Å². The van der Waals surface area contributed by atoms with E-state index < -0.39 is 0 Å². The summed E-state index contributed by atoms with van der Waals surface area (Å²) in [4.78, 5) is 17.7. The summed E-state index contributed by atoms with van der Waals surface area (Å²) in [7, 11) is 0. The lowest BCUT2D eigenvalue weighted by atomic mass is 9.82. The summed E-state index contributed by atoms with van der Waals surface area (Å²) in [6.45, 7) is 2.04. The monoisotopic (exact) mass is 348 g/mol. The van der Waals surface area contributed by atoms with E-state index in [1.54, 1.807) is 11.3 Å². The molecule has 2 aromatic carbocycles. The lowest BCUT2D eigenvalue weighted by molar-refractivity contribution is -0.120. The minimum Gasteiger partial charge on any atom is -0.326 e. The maximum Gasteiger partial charge on any atom is 0.228 e. The SMILES string of the molecule is Cc1ccc(NC(=O)C2CC=CCC2c2nc3ccccc3s2)cc1. The molecule has 0 saturated heterocycles. The van der Waals surface area contributed by atoms with Crippen molar-refractivity contribution in [2.24, 2.45) is 5.92 Å². The van der Waals surface area contributed by atoms with Gasteiger partial charge in [-0.2, -0.15) is 0 Å². The van der Waals surface area contributed by atoms with E-state index in [9.17, 15) is 4.79 Å². The molecule has 2 atom stereocenters. The number of carbonyl (C=O) groups excluding carboxylic acids is 1. The molecule has 0 saturated carbocycles. The number of nitrogens with one attached hydrogen (secondary N) is 1. The van der Waals surface area contributed by atoms with Crippen molar-refractivity contribution in [1.29, 1.82) is 0 Å². The standard InChI is InChI=1S/C21H20N2OS/c1-14-10-12-15(13-11-14)22-20(24)16-6-2-3-7-17(16)21-23-18-8-4-5-9-19(18)25-21/h2-5,8-13,16-17H,6-7H2,1H3,(H,22,24). The third kappa shape index (κ3) is 3.35. The first kappa shape index (κ1) is 16.0. The third-order valence-electron chi connectivity index (χ3n) is 4.72. The Labute approximate surface area is 151 Å². The Bertz CT molecular complexity index is 893. The zero-order valence-electron chi connectivity index (χ0n) is 14.1. The van der Waals surface area contributed by atoms with Crippen molar-refractivity contribution in [3.63, 3.8) is 0 Å². The van der Waals surface area contributed by atoms with E-state index in [2.05, 4.69) is 23.5 Å². The van der Waals surface area contributed by atoms with Gasteiger partial charge in [-0.15, -0.1) is 11.3 Å². The fourth-order valence-electron chi connectivity index (χ4n) is 3.30. The van der Waals surface area contributed by atoms with E-state index in [4.69, 9.17) is 4.98 Å². The molecule has 0 radical (unpaired) electrons. The van der Waals surface area contributed by atoms with Crippen LogP contribution in [0.25, 0.3) is 10.2 Å². The van der Waals surface area contributed by atoms with Crippen molar-refractivity contribution in [3.05, 3.63) is 71.3 Å². The van der Waals surface area contributed by atoms with Gasteiger partial charge in [-0.3, -0.25) is 4.79 Å². The highest BCUT2D eigenvalue weighted by Crippen LogP contribution is 2.39. The van der Waals surface area contributed by atoms with Gasteiger partial charge < -0.3 is 5.32 Å². The summed E-state index contributed by atoms with van der Waals surface area (Å²) in [6.07, 6.45) is 5.92. The number of hydrogen-bond acceptors (Lipinski definition) is 3. The molecule has 4 heteroatoms. The molecule has 1 heterocycles. The van der Waals surface area contributed by atoms with Gasteiger partial charge in [0, 0.05) is 11.6 Å². The molecule has 1 N–H and O–H groups in total. The van der Waals surface area contributed by atoms with Crippen molar-refractivity contribution in [3.8, 4) is 0 Å². The number of para-hydroxylation sites is 1. The Morgan fingerprint density at radius 3 is 2.64 bits per heavy atom. The van der Waals surface area contributed by atoms with Gasteiger partial charge in [-0.1, -0.05) is 42.0 Å². The number of amides is 1. The normalized spacial score (nSPS) is 19.9. The van der Waals surface area contributed by atoms with Gasteiger partial charge >= 0.3 is 0 Å². The van der Waals surface area contributed by atoms with Crippen LogP contribution in [0.4, 0.5) is 5.69 Å².